The summed E-state index contributed by atoms with van der Waals surface area (Å²) in [4.78, 5) is 44.4. The van der Waals surface area contributed by atoms with E-state index in [9.17, 15) is 14.4 Å². The zero-order valence-electron chi connectivity index (χ0n) is 25.9. The van der Waals surface area contributed by atoms with Crippen LogP contribution in [0.15, 0.2) is 53.0 Å². The number of rotatable bonds is 8. The third kappa shape index (κ3) is 5.37. The molecule has 226 valence electrons. The molecule has 1 amide bonds. The number of hydrogen-bond acceptors (Lipinski definition) is 8. The van der Waals surface area contributed by atoms with Crippen molar-refractivity contribution in [3.05, 3.63) is 69.8 Å². The van der Waals surface area contributed by atoms with Gasteiger partial charge in [-0.2, -0.15) is 0 Å². The number of amides is 1. The normalized spacial score (nSPS) is 21.1. The molecule has 43 heavy (non-hydrogen) atoms. The second-order valence-corrected chi connectivity index (χ2v) is 12.7. The van der Waals surface area contributed by atoms with E-state index in [-0.39, 0.29) is 53.0 Å². The quantitative estimate of drug-likeness (QED) is 0.246. The van der Waals surface area contributed by atoms with E-state index in [0.29, 0.717) is 59.8 Å². The first-order valence-electron chi connectivity index (χ1n) is 14.7. The Morgan fingerprint density at radius 2 is 1.93 bits per heavy atom. The molecule has 1 aromatic heterocycles. The number of nitrogens with one attached hydrogen (secondary N) is 1. The van der Waals surface area contributed by atoms with Gasteiger partial charge in [0.2, 0.25) is 5.90 Å². The summed E-state index contributed by atoms with van der Waals surface area (Å²) in [5.41, 5.74) is 4.61. The van der Waals surface area contributed by atoms with Crippen molar-refractivity contribution in [3.63, 3.8) is 0 Å². The first kappa shape index (κ1) is 30.2. The largest absolute Gasteiger partial charge is 0.496 e. The van der Waals surface area contributed by atoms with Crippen molar-refractivity contribution in [1.29, 1.82) is 5.41 Å². The number of aromatic nitrogens is 1. The van der Waals surface area contributed by atoms with Crippen LogP contribution in [0.3, 0.4) is 0 Å². The van der Waals surface area contributed by atoms with E-state index >= 15 is 0 Å². The van der Waals surface area contributed by atoms with Crippen LogP contribution >= 0.6 is 0 Å². The Balaban J connectivity index is 1.55. The summed E-state index contributed by atoms with van der Waals surface area (Å²) in [6.07, 6.45) is 2.13. The van der Waals surface area contributed by atoms with Gasteiger partial charge in [0.1, 0.15) is 23.0 Å². The number of ether oxygens (including phenoxy) is 3. The molecule has 0 unspecified atom stereocenters. The molecule has 0 radical (unpaired) electrons. The Morgan fingerprint density at radius 1 is 1.19 bits per heavy atom. The molecular formula is C34H39N3O6. The van der Waals surface area contributed by atoms with Crippen LogP contribution in [0.1, 0.15) is 63.8 Å². The van der Waals surface area contributed by atoms with Gasteiger partial charge >= 0.3 is 0 Å². The monoisotopic (exact) mass is 585 g/mol. The minimum absolute atomic E-state index is 0.0460. The minimum Gasteiger partial charge on any atom is -0.496 e. The highest BCUT2D eigenvalue weighted by Crippen LogP contribution is 2.50. The van der Waals surface area contributed by atoms with Crippen LogP contribution in [0.25, 0.3) is 11.3 Å². The summed E-state index contributed by atoms with van der Waals surface area (Å²) >= 11 is 0. The van der Waals surface area contributed by atoms with Crippen LogP contribution in [0.5, 0.6) is 5.75 Å². The molecule has 9 heteroatoms. The zero-order valence-corrected chi connectivity index (χ0v) is 25.9. The lowest BCUT2D eigenvalue weighted by atomic mass is 9.70. The average molecular weight is 586 g/mol. The molecule has 2 aromatic rings. The molecule has 2 atom stereocenters. The summed E-state index contributed by atoms with van der Waals surface area (Å²) < 4.78 is 17.0. The molecule has 0 saturated heterocycles. The van der Waals surface area contributed by atoms with Gasteiger partial charge in [-0.25, -0.2) is 4.98 Å². The molecule has 0 fully saturated rings. The van der Waals surface area contributed by atoms with Crippen molar-refractivity contribution >= 4 is 24.1 Å². The Labute approximate surface area is 252 Å². The second kappa shape index (κ2) is 11.4. The molecule has 1 aliphatic carbocycles. The van der Waals surface area contributed by atoms with E-state index in [2.05, 4.69) is 32.7 Å². The van der Waals surface area contributed by atoms with Gasteiger partial charge in [-0.3, -0.25) is 19.8 Å². The summed E-state index contributed by atoms with van der Waals surface area (Å²) in [6, 6.07) is 8.83. The third-order valence-corrected chi connectivity index (χ3v) is 8.82. The minimum atomic E-state index is -0.378. The van der Waals surface area contributed by atoms with Crippen LogP contribution in [-0.4, -0.2) is 54.1 Å². The second-order valence-electron chi connectivity index (χ2n) is 12.7. The van der Waals surface area contributed by atoms with Crippen molar-refractivity contribution in [2.45, 2.75) is 66.3 Å². The lowest BCUT2D eigenvalue weighted by molar-refractivity contribution is -0.126. The molecular weight excluding hydrogens is 546 g/mol. The van der Waals surface area contributed by atoms with E-state index < -0.39 is 0 Å². The van der Waals surface area contributed by atoms with Gasteiger partial charge in [0.25, 0.3) is 12.4 Å². The SMILES string of the molecule is COc1ccc(-c2cccc(C(=N)OC=O)n2)c(C)c1CC[C@H]1C2=C(CC(C)(C)CC2=O)OC2=C1C(=O)N(C)[C@@H]2C(C)C. The van der Waals surface area contributed by atoms with Gasteiger partial charge < -0.3 is 19.1 Å². The number of nitrogens with zero attached hydrogens (tertiary/aromatic N) is 2. The van der Waals surface area contributed by atoms with Gasteiger partial charge in [0.15, 0.2) is 5.78 Å². The van der Waals surface area contributed by atoms with Crippen molar-refractivity contribution < 1.29 is 28.6 Å². The van der Waals surface area contributed by atoms with E-state index in [0.717, 1.165) is 16.7 Å². The smallest absolute Gasteiger partial charge is 0.299 e. The van der Waals surface area contributed by atoms with Gasteiger partial charge in [0.05, 0.1) is 24.4 Å². The molecule has 1 aromatic carbocycles. The first-order valence-corrected chi connectivity index (χ1v) is 14.7. The van der Waals surface area contributed by atoms with E-state index in [1.165, 1.54) is 0 Å². The van der Waals surface area contributed by atoms with Crippen LogP contribution in [0, 0.1) is 29.6 Å². The number of Topliss-reactive ketones (excluding diaryl/α,β-unsaturated/α-hetero) is 1. The fraction of sp³-hybridized carbons (Fsp3) is 0.441. The summed E-state index contributed by atoms with van der Waals surface area (Å²) in [5, 5.41) is 7.96. The lowest BCUT2D eigenvalue weighted by Crippen LogP contribution is -2.36. The van der Waals surface area contributed by atoms with Crippen LogP contribution in [0.4, 0.5) is 0 Å². The topological polar surface area (TPSA) is 119 Å². The van der Waals surface area contributed by atoms with E-state index in [1.807, 2.05) is 32.2 Å². The molecule has 3 heterocycles. The number of carbonyl (C=O) groups excluding carboxylic acids is 3. The average Bonchev–Trinajstić information content (AvgIpc) is 3.20. The van der Waals surface area contributed by atoms with Gasteiger partial charge in [-0.05, 0) is 66.5 Å². The predicted molar refractivity (Wildman–Crippen MR) is 161 cm³/mol. The molecule has 2 aliphatic heterocycles. The molecule has 9 nitrogen and oxygen atoms in total. The fourth-order valence-corrected chi connectivity index (χ4v) is 6.89. The number of methoxy groups -OCH3 is 1. The van der Waals surface area contributed by atoms with Crippen molar-refractivity contribution in [3.8, 4) is 17.0 Å². The summed E-state index contributed by atoms with van der Waals surface area (Å²) in [6.45, 7) is 10.5. The Hall–Kier alpha value is -4.27. The number of allylic oxidation sites excluding steroid dienone is 2. The fourth-order valence-electron chi connectivity index (χ4n) is 6.89. The van der Waals surface area contributed by atoms with Gasteiger partial charge in [-0.1, -0.05) is 33.8 Å². The summed E-state index contributed by atoms with van der Waals surface area (Å²) in [7, 11) is 3.44. The number of benzene rings is 1. The maximum atomic E-state index is 13.7. The molecule has 1 N–H and O–H groups in total. The van der Waals surface area contributed by atoms with E-state index in [1.54, 1.807) is 24.1 Å². The maximum absolute atomic E-state index is 13.7. The van der Waals surface area contributed by atoms with Crippen LogP contribution in [-0.2, 0) is 30.3 Å². The predicted octanol–water partition coefficient (Wildman–Crippen LogP) is 5.54. The number of likely N-dealkylation sites (N-methyl/N-ethyl adjacent to an activating group) is 1. The highest BCUT2D eigenvalue weighted by atomic mass is 16.5. The van der Waals surface area contributed by atoms with Crippen molar-refractivity contribution in [2.24, 2.45) is 17.3 Å². The molecule has 0 saturated carbocycles. The van der Waals surface area contributed by atoms with Gasteiger partial charge in [-0.15, -0.1) is 0 Å². The number of carbonyl (C=O) groups is 3. The molecule has 0 bridgehead atoms. The Morgan fingerprint density at radius 3 is 2.60 bits per heavy atom. The van der Waals surface area contributed by atoms with Crippen LogP contribution in [0.2, 0.25) is 0 Å². The Bertz CT molecular complexity index is 1580. The van der Waals surface area contributed by atoms with Crippen LogP contribution < -0.4 is 4.74 Å². The Kier molecular flexibility index (Phi) is 8.03. The molecule has 5 rings (SSSR count). The summed E-state index contributed by atoms with van der Waals surface area (Å²) in [5.74, 6) is 1.50. The standard InChI is InChI=1S/C34H39N3O6/c1-18(2)30-31-29(33(40)37(30)6)22(28-25(39)15-34(4,5)16-27(28)43-31)12-11-21-19(3)20(13-14-26(21)41-7)23-9-8-10-24(36-23)32(35)42-17-38/h8-10,13-14,17-18,22,30,35H,11-12,15-16H2,1-7H3/t22-,30+/m0/s1. The number of ketones is 1. The van der Waals surface area contributed by atoms with E-state index in [4.69, 9.17) is 19.6 Å². The van der Waals surface area contributed by atoms with Crippen molar-refractivity contribution in [2.75, 3.05) is 14.2 Å². The highest BCUT2D eigenvalue weighted by molar-refractivity contribution is 6.04. The third-order valence-electron chi connectivity index (χ3n) is 8.82. The van der Waals surface area contributed by atoms with Gasteiger partial charge in [0, 0.05) is 36.9 Å². The maximum Gasteiger partial charge on any atom is 0.299 e. The zero-order chi connectivity index (χ0) is 31.2. The molecule has 0 spiro atoms. The van der Waals surface area contributed by atoms with Crippen molar-refractivity contribution in [1.82, 2.24) is 9.88 Å². The number of hydrogen-bond donors (Lipinski definition) is 1. The lowest BCUT2D eigenvalue weighted by Gasteiger charge is -2.38. The highest BCUT2D eigenvalue weighted by Gasteiger charge is 2.50. The number of pyridine rings is 1. The first-order chi connectivity index (χ1) is 20.4. The molecule has 3 aliphatic rings.